The Morgan fingerprint density at radius 1 is 1.53 bits per heavy atom. The summed E-state index contributed by atoms with van der Waals surface area (Å²) in [7, 11) is 0. The lowest BCUT2D eigenvalue weighted by atomic mass is 9.96. The molecule has 0 saturated heterocycles. The average Bonchev–Trinajstić information content (AvgIpc) is 3.01. The van der Waals surface area contributed by atoms with E-state index in [1.807, 2.05) is 24.3 Å². The van der Waals surface area contributed by atoms with Gasteiger partial charge in [0.25, 0.3) is 0 Å². The van der Waals surface area contributed by atoms with Gasteiger partial charge in [-0.15, -0.1) is 0 Å². The van der Waals surface area contributed by atoms with Crippen molar-refractivity contribution in [3.8, 4) is 0 Å². The van der Waals surface area contributed by atoms with E-state index in [4.69, 9.17) is 0 Å². The standard InChI is InChI=1S/C12H16BrNO/c1-12(8-15,9-5-6-9)14-11-4-2-3-10(13)7-11/h2-4,7,9,14-15H,5-6,8H2,1H3. The third-order valence-corrected chi connectivity index (χ3v) is 3.55. The molecule has 0 aliphatic heterocycles. The normalized spacial score (nSPS) is 19.7. The summed E-state index contributed by atoms with van der Waals surface area (Å²) < 4.78 is 1.06. The minimum Gasteiger partial charge on any atom is -0.394 e. The number of aliphatic hydroxyl groups excluding tert-OH is 1. The van der Waals surface area contributed by atoms with E-state index in [9.17, 15) is 5.11 Å². The molecule has 2 rings (SSSR count). The van der Waals surface area contributed by atoms with Crippen LogP contribution in [-0.4, -0.2) is 17.3 Å². The second kappa shape index (κ2) is 4.14. The van der Waals surface area contributed by atoms with Crippen molar-refractivity contribution in [2.24, 2.45) is 5.92 Å². The zero-order valence-corrected chi connectivity index (χ0v) is 10.4. The number of anilines is 1. The molecular formula is C12H16BrNO. The van der Waals surface area contributed by atoms with Crippen LogP contribution in [0.1, 0.15) is 19.8 Å². The van der Waals surface area contributed by atoms with Crippen LogP contribution >= 0.6 is 15.9 Å². The molecule has 2 nitrogen and oxygen atoms in total. The van der Waals surface area contributed by atoms with Crippen LogP contribution in [0.2, 0.25) is 0 Å². The molecule has 0 amide bonds. The van der Waals surface area contributed by atoms with Crippen molar-refractivity contribution >= 4 is 21.6 Å². The van der Waals surface area contributed by atoms with E-state index in [0.29, 0.717) is 5.92 Å². The van der Waals surface area contributed by atoms with Crippen molar-refractivity contribution in [1.29, 1.82) is 0 Å². The summed E-state index contributed by atoms with van der Waals surface area (Å²) in [5.74, 6) is 0.612. The topological polar surface area (TPSA) is 32.3 Å². The predicted octanol–water partition coefficient (Wildman–Crippen LogP) is 3.02. The molecule has 0 bridgehead atoms. The van der Waals surface area contributed by atoms with Crippen molar-refractivity contribution in [2.75, 3.05) is 11.9 Å². The molecule has 1 aromatic carbocycles. The fourth-order valence-corrected chi connectivity index (χ4v) is 2.29. The first-order chi connectivity index (χ1) is 7.14. The first-order valence-electron chi connectivity index (χ1n) is 5.29. The Morgan fingerprint density at radius 2 is 2.27 bits per heavy atom. The van der Waals surface area contributed by atoms with Gasteiger partial charge in [0.1, 0.15) is 0 Å². The van der Waals surface area contributed by atoms with Gasteiger partial charge in [0.05, 0.1) is 12.1 Å². The number of nitrogens with one attached hydrogen (secondary N) is 1. The Bertz CT molecular complexity index is 351. The van der Waals surface area contributed by atoms with Crippen molar-refractivity contribution in [3.05, 3.63) is 28.7 Å². The Kier molecular flexibility index (Phi) is 3.03. The molecule has 1 saturated carbocycles. The van der Waals surface area contributed by atoms with Gasteiger partial charge in [0, 0.05) is 10.2 Å². The highest BCUT2D eigenvalue weighted by Gasteiger charge is 2.40. The smallest absolute Gasteiger partial charge is 0.0661 e. The molecule has 3 heteroatoms. The summed E-state index contributed by atoms with van der Waals surface area (Å²) in [6.07, 6.45) is 2.44. The minimum absolute atomic E-state index is 0.166. The molecule has 82 valence electrons. The van der Waals surface area contributed by atoms with Crippen LogP contribution in [0.15, 0.2) is 28.7 Å². The molecule has 1 aliphatic carbocycles. The molecule has 0 heterocycles. The second-order valence-electron chi connectivity index (χ2n) is 4.49. The zero-order valence-electron chi connectivity index (χ0n) is 8.83. The van der Waals surface area contributed by atoms with Crippen LogP contribution in [0.4, 0.5) is 5.69 Å². The maximum atomic E-state index is 9.45. The van der Waals surface area contributed by atoms with Crippen molar-refractivity contribution in [2.45, 2.75) is 25.3 Å². The molecule has 2 N–H and O–H groups in total. The highest BCUT2D eigenvalue weighted by molar-refractivity contribution is 9.10. The third-order valence-electron chi connectivity index (χ3n) is 3.06. The summed E-state index contributed by atoms with van der Waals surface area (Å²) in [6.45, 7) is 2.27. The van der Waals surface area contributed by atoms with E-state index in [0.717, 1.165) is 10.2 Å². The number of hydrogen-bond donors (Lipinski definition) is 2. The molecule has 1 unspecified atom stereocenters. The van der Waals surface area contributed by atoms with Crippen LogP contribution < -0.4 is 5.32 Å². The van der Waals surface area contributed by atoms with E-state index < -0.39 is 0 Å². The number of rotatable bonds is 4. The molecule has 1 aliphatic rings. The monoisotopic (exact) mass is 269 g/mol. The van der Waals surface area contributed by atoms with Gasteiger partial charge in [-0.05, 0) is 43.9 Å². The molecular weight excluding hydrogens is 254 g/mol. The Labute approximate surface area is 98.8 Å². The lowest BCUT2D eigenvalue weighted by Crippen LogP contribution is -2.41. The van der Waals surface area contributed by atoms with Gasteiger partial charge in [0.15, 0.2) is 0 Å². The van der Waals surface area contributed by atoms with E-state index in [-0.39, 0.29) is 12.1 Å². The molecule has 0 radical (unpaired) electrons. The summed E-state index contributed by atoms with van der Waals surface area (Å²) in [5.41, 5.74) is 0.897. The maximum absolute atomic E-state index is 9.45. The minimum atomic E-state index is -0.166. The van der Waals surface area contributed by atoms with E-state index in [2.05, 4.69) is 28.2 Å². The highest BCUT2D eigenvalue weighted by Crippen LogP contribution is 2.41. The highest BCUT2D eigenvalue weighted by atomic mass is 79.9. The van der Waals surface area contributed by atoms with Crippen LogP contribution in [0.3, 0.4) is 0 Å². The molecule has 15 heavy (non-hydrogen) atoms. The number of aliphatic hydroxyl groups is 1. The van der Waals surface area contributed by atoms with Crippen molar-refractivity contribution in [1.82, 2.24) is 0 Å². The van der Waals surface area contributed by atoms with Gasteiger partial charge in [0.2, 0.25) is 0 Å². The van der Waals surface area contributed by atoms with Crippen LogP contribution in [0, 0.1) is 5.92 Å². The first kappa shape index (κ1) is 11.0. The van der Waals surface area contributed by atoms with Gasteiger partial charge >= 0.3 is 0 Å². The SMILES string of the molecule is CC(CO)(Nc1cccc(Br)c1)C1CC1. The molecule has 1 atom stereocenters. The van der Waals surface area contributed by atoms with E-state index >= 15 is 0 Å². The van der Waals surface area contributed by atoms with Gasteiger partial charge < -0.3 is 10.4 Å². The fraction of sp³-hybridized carbons (Fsp3) is 0.500. The zero-order chi connectivity index (χ0) is 10.9. The van der Waals surface area contributed by atoms with Crippen LogP contribution in [-0.2, 0) is 0 Å². The lowest BCUT2D eigenvalue weighted by Gasteiger charge is -2.30. The third kappa shape index (κ3) is 2.52. The van der Waals surface area contributed by atoms with Gasteiger partial charge in [-0.1, -0.05) is 22.0 Å². The Hall–Kier alpha value is -0.540. The summed E-state index contributed by atoms with van der Waals surface area (Å²) in [5, 5.41) is 12.9. The number of hydrogen-bond acceptors (Lipinski definition) is 2. The molecule has 1 aromatic rings. The van der Waals surface area contributed by atoms with Gasteiger partial charge in [-0.3, -0.25) is 0 Å². The number of halogens is 1. The van der Waals surface area contributed by atoms with Crippen LogP contribution in [0.5, 0.6) is 0 Å². The maximum Gasteiger partial charge on any atom is 0.0661 e. The summed E-state index contributed by atoms with van der Waals surface area (Å²) in [4.78, 5) is 0. The van der Waals surface area contributed by atoms with E-state index in [1.54, 1.807) is 0 Å². The van der Waals surface area contributed by atoms with Crippen molar-refractivity contribution in [3.63, 3.8) is 0 Å². The number of benzene rings is 1. The van der Waals surface area contributed by atoms with Gasteiger partial charge in [-0.25, -0.2) is 0 Å². The average molecular weight is 270 g/mol. The van der Waals surface area contributed by atoms with Crippen molar-refractivity contribution < 1.29 is 5.11 Å². The summed E-state index contributed by atoms with van der Waals surface area (Å²) >= 11 is 3.44. The molecule has 1 fully saturated rings. The molecule has 0 spiro atoms. The lowest BCUT2D eigenvalue weighted by molar-refractivity contribution is 0.206. The first-order valence-corrected chi connectivity index (χ1v) is 6.08. The predicted molar refractivity (Wildman–Crippen MR) is 66.0 cm³/mol. The Morgan fingerprint density at radius 3 is 2.80 bits per heavy atom. The fourth-order valence-electron chi connectivity index (χ4n) is 1.89. The molecule has 0 aromatic heterocycles. The summed E-state index contributed by atoms with van der Waals surface area (Å²) in [6, 6.07) is 8.06. The largest absolute Gasteiger partial charge is 0.394 e. The quantitative estimate of drug-likeness (QED) is 0.881. The second-order valence-corrected chi connectivity index (χ2v) is 5.40. The van der Waals surface area contributed by atoms with Gasteiger partial charge in [-0.2, -0.15) is 0 Å². The Balaban J connectivity index is 2.12. The van der Waals surface area contributed by atoms with E-state index in [1.165, 1.54) is 12.8 Å². The van der Waals surface area contributed by atoms with Crippen LogP contribution in [0.25, 0.3) is 0 Å².